The van der Waals surface area contributed by atoms with Crippen molar-refractivity contribution in [2.45, 2.75) is 72.3 Å². The second-order valence-corrected chi connectivity index (χ2v) is 5.61. The number of rotatable bonds is 11. The van der Waals surface area contributed by atoms with Crippen LogP contribution in [0.3, 0.4) is 0 Å². The van der Waals surface area contributed by atoms with Gasteiger partial charge < -0.3 is 10.6 Å². The maximum atomic E-state index is 11.6. The first-order valence-corrected chi connectivity index (χ1v) is 7.56. The summed E-state index contributed by atoms with van der Waals surface area (Å²) in [5, 5.41) is 6.24. The van der Waals surface area contributed by atoms with E-state index in [4.69, 9.17) is 0 Å². The topological polar surface area (TPSA) is 41.1 Å². The van der Waals surface area contributed by atoms with Crippen molar-refractivity contribution in [2.24, 2.45) is 5.92 Å². The Morgan fingerprint density at radius 2 is 1.72 bits per heavy atom. The molecule has 3 nitrogen and oxygen atoms in total. The summed E-state index contributed by atoms with van der Waals surface area (Å²) >= 11 is 0. The molecule has 0 aliphatic carbocycles. The van der Waals surface area contributed by atoms with Gasteiger partial charge in [-0.05, 0) is 25.8 Å². The quantitative estimate of drug-likeness (QED) is 0.558. The van der Waals surface area contributed by atoms with E-state index in [-0.39, 0.29) is 11.9 Å². The van der Waals surface area contributed by atoms with E-state index in [2.05, 4.69) is 38.3 Å². The second kappa shape index (κ2) is 11.5. The van der Waals surface area contributed by atoms with Crippen LogP contribution in [-0.4, -0.2) is 25.0 Å². The molecule has 1 unspecified atom stereocenters. The molecule has 3 heteroatoms. The Kier molecular flexibility index (Phi) is 11.2. The minimum atomic E-state index is 0.172. The summed E-state index contributed by atoms with van der Waals surface area (Å²) in [5.41, 5.74) is 0. The van der Waals surface area contributed by atoms with E-state index in [1.807, 2.05) is 0 Å². The van der Waals surface area contributed by atoms with Crippen LogP contribution in [0.2, 0.25) is 0 Å². The third-order valence-corrected chi connectivity index (χ3v) is 3.07. The van der Waals surface area contributed by atoms with Crippen LogP contribution in [0.5, 0.6) is 0 Å². The molecule has 0 fully saturated rings. The lowest BCUT2D eigenvalue weighted by atomic mass is 10.0. The molecule has 18 heavy (non-hydrogen) atoms. The van der Waals surface area contributed by atoms with Crippen molar-refractivity contribution in [1.82, 2.24) is 10.6 Å². The van der Waals surface area contributed by atoms with Crippen LogP contribution in [0.15, 0.2) is 0 Å². The molecule has 0 saturated carbocycles. The lowest BCUT2D eigenvalue weighted by Gasteiger charge is -2.12. The van der Waals surface area contributed by atoms with Crippen molar-refractivity contribution >= 4 is 5.91 Å². The molecular formula is C15H32N2O. The Morgan fingerprint density at radius 3 is 2.33 bits per heavy atom. The van der Waals surface area contributed by atoms with Crippen LogP contribution >= 0.6 is 0 Å². The Morgan fingerprint density at radius 1 is 1.06 bits per heavy atom. The number of hydrogen-bond acceptors (Lipinski definition) is 2. The average Bonchev–Trinajstić information content (AvgIpc) is 2.27. The van der Waals surface area contributed by atoms with Gasteiger partial charge in [0.25, 0.3) is 0 Å². The molecule has 0 saturated heterocycles. The van der Waals surface area contributed by atoms with Gasteiger partial charge in [0.05, 0.1) is 0 Å². The third kappa shape index (κ3) is 11.9. The van der Waals surface area contributed by atoms with Gasteiger partial charge in [-0.1, -0.05) is 46.5 Å². The number of hydrogen-bond donors (Lipinski definition) is 2. The highest BCUT2D eigenvalue weighted by Gasteiger charge is 2.06. The van der Waals surface area contributed by atoms with Crippen molar-refractivity contribution in [1.29, 1.82) is 0 Å². The first-order valence-electron chi connectivity index (χ1n) is 7.56. The van der Waals surface area contributed by atoms with E-state index in [9.17, 15) is 4.79 Å². The summed E-state index contributed by atoms with van der Waals surface area (Å²) in [5.74, 6) is 0.989. The minimum absolute atomic E-state index is 0.172. The predicted molar refractivity (Wildman–Crippen MR) is 78.7 cm³/mol. The van der Waals surface area contributed by atoms with E-state index in [1.165, 1.54) is 25.7 Å². The van der Waals surface area contributed by atoms with Gasteiger partial charge in [0.1, 0.15) is 0 Å². The normalized spacial score (nSPS) is 12.7. The maximum absolute atomic E-state index is 11.6. The van der Waals surface area contributed by atoms with Gasteiger partial charge in [0, 0.05) is 19.0 Å². The standard InChI is InChI=1S/C15H32N2O/c1-5-16-14(4)12-15(18)17-11-9-7-6-8-10-13(2)3/h13-14,16H,5-12H2,1-4H3,(H,17,18). The largest absolute Gasteiger partial charge is 0.356 e. The molecule has 0 rings (SSSR count). The van der Waals surface area contributed by atoms with Crippen molar-refractivity contribution in [3.05, 3.63) is 0 Å². The van der Waals surface area contributed by atoms with Crippen molar-refractivity contribution in [3.8, 4) is 0 Å². The summed E-state index contributed by atoms with van der Waals surface area (Å²) < 4.78 is 0. The summed E-state index contributed by atoms with van der Waals surface area (Å²) in [6.45, 7) is 10.4. The molecule has 0 heterocycles. The van der Waals surface area contributed by atoms with E-state index < -0.39 is 0 Å². The molecule has 0 spiro atoms. The zero-order valence-electron chi connectivity index (χ0n) is 12.7. The van der Waals surface area contributed by atoms with Crippen LogP contribution in [0.1, 0.15) is 66.2 Å². The highest BCUT2D eigenvalue weighted by atomic mass is 16.1. The molecule has 0 aliphatic rings. The van der Waals surface area contributed by atoms with E-state index in [0.717, 1.165) is 25.4 Å². The highest BCUT2D eigenvalue weighted by molar-refractivity contribution is 5.76. The third-order valence-electron chi connectivity index (χ3n) is 3.07. The zero-order valence-corrected chi connectivity index (χ0v) is 12.7. The molecule has 0 bridgehead atoms. The zero-order chi connectivity index (χ0) is 13.8. The van der Waals surface area contributed by atoms with Crippen LogP contribution < -0.4 is 10.6 Å². The monoisotopic (exact) mass is 256 g/mol. The fourth-order valence-corrected chi connectivity index (χ4v) is 2.03. The molecule has 0 aliphatic heterocycles. The fraction of sp³-hybridized carbons (Fsp3) is 0.933. The molecule has 108 valence electrons. The van der Waals surface area contributed by atoms with Crippen molar-refractivity contribution in [2.75, 3.05) is 13.1 Å². The number of nitrogens with one attached hydrogen (secondary N) is 2. The SMILES string of the molecule is CCNC(C)CC(=O)NCCCCCCC(C)C. The Hall–Kier alpha value is -0.570. The van der Waals surface area contributed by atoms with Crippen molar-refractivity contribution < 1.29 is 4.79 Å². The Balaban J connectivity index is 3.30. The van der Waals surface area contributed by atoms with Crippen LogP contribution in [-0.2, 0) is 4.79 Å². The number of carbonyl (C=O) groups is 1. The number of carbonyl (C=O) groups excluding carboxylic acids is 1. The molecule has 0 aromatic rings. The minimum Gasteiger partial charge on any atom is -0.356 e. The summed E-state index contributed by atoms with van der Waals surface area (Å²) in [6, 6.07) is 0.279. The van der Waals surface area contributed by atoms with Gasteiger partial charge >= 0.3 is 0 Å². The molecule has 0 aromatic heterocycles. The lowest BCUT2D eigenvalue weighted by Crippen LogP contribution is -2.34. The maximum Gasteiger partial charge on any atom is 0.221 e. The van der Waals surface area contributed by atoms with Crippen molar-refractivity contribution in [3.63, 3.8) is 0 Å². The first kappa shape index (κ1) is 17.4. The number of unbranched alkanes of at least 4 members (excludes halogenated alkanes) is 3. The predicted octanol–water partition coefficient (Wildman–Crippen LogP) is 3.10. The molecule has 2 N–H and O–H groups in total. The number of amides is 1. The molecule has 0 radical (unpaired) electrons. The van der Waals surface area contributed by atoms with Gasteiger partial charge in [-0.25, -0.2) is 0 Å². The van der Waals surface area contributed by atoms with Crippen LogP contribution in [0.4, 0.5) is 0 Å². The van der Waals surface area contributed by atoms with Gasteiger partial charge in [0.15, 0.2) is 0 Å². The van der Waals surface area contributed by atoms with Gasteiger partial charge in [-0.2, -0.15) is 0 Å². The van der Waals surface area contributed by atoms with E-state index in [1.54, 1.807) is 0 Å². The van der Waals surface area contributed by atoms with Gasteiger partial charge in [0.2, 0.25) is 5.91 Å². The Labute approximate surface area is 113 Å². The summed E-state index contributed by atoms with van der Waals surface area (Å²) in [4.78, 5) is 11.6. The van der Waals surface area contributed by atoms with Gasteiger partial charge in [-0.3, -0.25) is 4.79 Å². The summed E-state index contributed by atoms with van der Waals surface area (Å²) in [6.07, 6.45) is 6.87. The second-order valence-electron chi connectivity index (χ2n) is 5.61. The van der Waals surface area contributed by atoms with E-state index >= 15 is 0 Å². The lowest BCUT2D eigenvalue weighted by molar-refractivity contribution is -0.121. The molecule has 1 atom stereocenters. The fourth-order valence-electron chi connectivity index (χ4n) is 2.03. The first-order chi connectivity index (χ1) is 8.56. The molecule has 0 aromatic carbocycles. The average molecular weight is 256 g/mol. The van der Waals surface area contributed by atoms with E-state index in [0.29, 0.717) is 6.42 Å². The summed E-state index contributed by atoms with van der Waals surface area (Å²) in [7, 11) is 0. The van der Waals surface area contributed by atoms with Crippen LogP contribution in [0, 0.1) is 5.92 Å². The Bertz CT molecular complexity index is 205. The van der Waals surface area contributed by atoms with Gasteiger partial charge in [-0.15, -0.1) is 0 Å². The van der Waals surface area contributed by atoms with Crippen LogP contribution in [0.25, 0.3) is 0 Å². The molecular weight excluding hydrogens is 224 g/mol. The molecule has 1 amide bonds. The smallest absolute Gasteiger partial charge is 0.221 e. The highest BCUT2D eigenvalue weighted by Crippen LogP contribution is 2.08.